The summed E-state index contributed by atoms with van der Waals surface area (Å²) in [6, 6.07) is 4.63. The van der Waals surface area contributed by atoms with Gasteiger partial charge in [-0.15, -0.1) is 0 Å². The summed E-state index contributed by atoms with van der Waals surface area (Å²) >= 11 is 4.84. The second-order valence-corrected chi connectivity index (χ2v) is 7.07. The van der Waals surface area contributed by atoms with E-state index in [-0.39, 0.29) is 22.5 Å². The van der Waals surface area contributed by atoms with Crippen LogP contribution in [0.1, 0.15) is 25.0 Å². The van der Waals surface area contributed by atoms with Crippen molar-refractivity contribution in [2.24, 2.45) is 5.73 Å². The molecule has 1 aromatic carbocycles. The molecule has 0 aromatic heterocycles. The zero-order valence-electron chi connectivity index (χ0n) is 12.1. The van der Waals surface area contributed by atoms with Crippen molar-refractivity contribution in [3.8, 4) is 0 Å². The normalized spacial score (nSPS) is 11.4. The van der Waals surface area contributed by atoms with Gasteiger partial charge in [0, 0.05) is 11.6 Å². The molecule has 0 radical (unpaired) electrons. The maximum Gasteiger partial charge on any atom is 0.241 e. The summed E-state index contributed by atoms with van der Waals surface area (Å²) in [7, 11) is -3.80. The minimum absolute atomic E-state index is 0.0540. The van der Waals surface area contributed by atoms with Crippen LogP contribution in [0, 0.1) is 6.92 Å². The van der Waals surface area contributed by atoms with Crippen LogP contribution in [0.5, 0.6) is 0 Å². The van der Waals surface area contributed by atoms with E-state index >= 15 is 0 Å². The Hall–Kier alpha value is -1.51. The van der Waals surface area contributed by atoms with E-state index < -0.39 is 15.9 Å². The van der Waals surface area contributed by atoms with Crippen molar-refractivity contribution in [2.45, 2.75) is 31.7 Å². The molecule has 1 aromatic rings. The molecule has 0 aliphatic rings. The van der Waals surface area contributed by atoms with E-state index in [1.807, 2.05) is 0 Å². The summed E-state index contributed by atoms with van der Waals surface area (Å²) in [5.74, 6) is -0.392. The number of benzene rings is 1. The smallest absolute Gasteiger partial charge is 0.241 e. The van der Waals surface area contributed by atoms with E-state index in [1.54, 1.807) is 32.9 Å². The predicted molar refractivity (Wildman–Crippen MR) is 85.5 cm³/mol. The summed E-state index contributed by atoms with van der Waals surface area (Å²) < 4.78 is 26.7. The average Bonchev–Trinajstić information content (AvgIpc) is 2.35. The maximum atomic E-state index is 12.2. The van der Waals surface area contributed by atoms with E-state index in [0.717, 1.165) is 0 Å². The van der Waals surface area contributed by atoms with Gasteiger partial charge in [0.1, 0.15) is 4.99 Å². The van der Waals surface area contributed by atoms with Gasteiger partial charge in [0.15, 0.2) is 0 Å². The number of thiocarbonyl (C=S) groups is 1. The third kappa shape index (κ3) is 5.07. The Labute approximate surface area is 130 Å². The van der Waals surface area contributed by atoms with Gasteiger partial charge < -0.3 is 11.1 Å². The Morgan fingerprint density at radius 1 is 1.38 bits per heavy atom. The number of rotatable bonds is 6. The number of aryl methyl sites for hydroxylation is 1. The lowest BCUT2D eigenvalue weighted by Gasteiger charge is -2.12. The van der Waals surface area contributed by atoms with Gasteiger partial charge in [-0.3, -0.25) is 4.79 Å². The zero-order chi connectivity index (χ0) is 16.2. The fourth-order valence-corrected chi connectivity index (χ4v) is 3.03. The third-order valence-corrected chi connectivity index (χ3v) is 4.41. The number of sulfonamides is 1. The largest absolute Gasteiger partial charge is 0.389 e. The van der Waals surface area contributed by atoms with Crippen molar-refractivity contribution < 1.29 is 13.2 Å². The van der Waals surface area contributed by atoms with Gasteiger partial charge >= 0.3 is 0 Å². The van der Waals surface area contributed by atoms with Gasteiger partial charge in [0.25, 0.3) is 0 Å². The van der Waals surface area contributed by atoms with Crippen LogP contribution >= 0.6 is 12.2 Å². The first-order chi connectivity index (χ1) is 9.63. The first-order valence-corrected chi connectivity index (χ1v) is 8.22. The molecule has 0 atom stereocenters. The van der Waals surface area contributed by atoms with E-state index in [1.165, 1.54) is 6.07 Å². The lowest BCUT2D eigenvalue weighted by Crippen LogP contribution is -2.39. The Bertz CT molecular complexity index is 655. The molecule has 0 aliphatic carbocycles. The molecular formula is C13H19N3O3S2. The van der Waals surface area contributed by atoms with Gasteiger partial charge in [-0.2, -0.15) is 0 Å². The summed E-state index contributed by atoms with van der Waals surface area (Å²) in [5.41, 5.74) is 6.51. The first kappa shape index (κ1) is 17.5. The topological polar surface area (TPSA) is 101 Å². The quantitative estimate of drug-likeness (QED) is 0.657. The molecule has 0 unspecified atom stereocenters. The van der Waals surface area contributed by atoms with E-state index in [9.17, 15) is 13.2 Å². The summed E-state index contributed by atoms with van der Waals surface area (Å²) in [6.07, 6.45) is 0. The second-order valence-electron chi connectivity index (χ2n) is 4.89. The Morgan fingerprint density at radius 2 is 2.00 bits per heavy atom. The fourth-order valence-electron chi connectivity index (χ4n) is 1.65. The number of hydrogen-bond donors (Lipinski definition) is 3. The maximum absolute atomic E-state index is 12.2. The van der Waals surface area contributed by atoms with E-state index in [0.29, 0.717) is 11.1 Å². The van der Waals surface area contributed by atoms with Crippen molar-refractivity contribution in [3.63, 3.8) is 0 Å². The summed E-state index contributed by atoms with van der Waals surface area (Å²) in [6.45, 7) is 4.92. The van der Waals surface area contributed by atoms with Gasteiger partial charge in [-0.05, 0) is 32.4 Å². The van der Waals surface area contributed by atoms with Gasteiger partial charge in [0.05, 0.1) is 11.4 Å². The molecular weight excluding hydrogens is 310 g/mol. The highest BCUT2D eigenvalue weighted by Crippen LogP contribution is 2.16. The highest BCUT2D eigenvalue weighted by Gasteiger charge is 2.19. The van der Waals surface area contributed by atoms with Crippen LogP contribution in [0.2, 0.25) is 0 Å². The van der Waals surface area contributed by atoms with Gasteiger partial charge in [-0.25, -0.2) is 13.1 Å². The van der Waals surface area contributed by atoms with Gasteiger partial charge in [-0.1, -0.05) is 24.4 Å². The molecule has 0 heterocycles. The molecule has 0 aliphatic heterocycles. The molecule has 0 saturated carbocycles. The van der Waals surface area contributed by atoms with Crippen LogP contribution in [0.4, 0.5) is 0 Å². The van der Waals surface area contributed by atoms with Crippen LogP contribution in [0.15, 0.2) is 23.1 Å². The molecule has 6 nitrogen and oxygen atoms in total. The molecule has 21 heavy (non-hydrogen) atoms. The summed E-state index contributed by atoms with van der Waals surface area (Å²) in [4.78, 5) is 11.7. The Kier molecular flexibility index (Phi) is 5.82. The van der Waals surface area contributed by atoms with Crippen LogP contribution in [0.25, 0.3) is 0 Å². The van der Waals surface area contributed by atoms with Crippen molar-refractivity contribution in [3.05, 3.63) is 29.3 Å². The molecule has 0 spiro atoms. The first-order valence-electron chi connectivity index (χ1n) is 6.33. The summed E-state index contributed by atoms with van der Waals surface area (Å²) in [5, 5.41) is 2.60. The molecule has 1 amide bonds. The standard InChI is InChI=1S/C13H19N3O3S2/c1-8(2)16-12(17)7-15-21(18,19)11-6-10(13(14)20)5-4-9(11)3/h4-6,8,15H,7H2,1-3H3,(H2,14,20)(H,16,17). The van der Waals surface area contributed by atoms with Crippen molar-refractivity contribution >= 4 is 33.1 Å². The van der Waals surface area contributed by atoms with Crippen LogP contribution in [-0.2, 0) is 14.8 Å². The molecule has 8 heteroatoms. The lowest BCUT2D eigenvalue weighted by atomic mass is 10.1. The van der Waals surface area contributed by atoms with Crippen molar-refractivity contribution in [2.75, 3.05) is 6.54 Å². The lowest BCUT2D eigenvalue weighted by molar-refractivity contribution is -0.120. The van der Waals surface area contributed by atoms with Crippen LogP contribution in [0.3, 0.4) is 0 Å². The molecule has 0 fully saturated rings. The van der Waals surface area contributed by atoms with E-state index in [4.69, 9.17) is 18.0 Å². The molecule has 116 valence electrons. The Balaban J connectivity index is 2.95. The third-order valence-electron chi connectivity index (χ3n) is 2.63. The number of carbonyl (C=O) groups is 1. The minimum Gasteiger partial charge on any atom is -0.389 e. The number of amides is 1. The SMILES string of the molecule is Cc1ccc(C(N)=S)cc1S(=O)(=O)NCC(=O)NC(C)C. The highest BCUT2D eigenvalue weighted by atomic mass is 32.2. The average molecular weight is 329 g/mol. The highest BCUT2D eigenvalue weighted by molar-refractivity contribution is 7.89. The molecule has 0 saturated heterocycles. The molecule has 1 rings (SSSR count). The van der Waals surface area contributed by atoms with E-state index in [2.05, 4.69) is 10.0 Å². The fraction of sp³-hybridized carbons (Fsp3) is 0.385. The number of hydrogen-bond acceptors (Lipinski definition) is 4. The zero-order valence-corrected chi connectivity index (χ0v) is 13.8. The minimum atomic E-state index is -3.80. The van der Waals surface area contributed by atoms with Crippen molar-refractivity contribution in [1.29, 1.82) is 0 Å². The van der Waals surface area contributed by atoms with Gasteiger partial charge in [0.2, 0.25) is 15.9 Å². The number of nitrogens with two attached hydrogens (primary N) is 1. The van der Waals surface area contributed by atoms with Crippen molar-refractivity contribution in [1.82, 2.24) is 10.0 Å². The Morgan fingerprint density at radius 3 is 2.52 bits per heavy atom. The number of carbonyl (C=O) groups excluding carboxylic acids is 1. The number of nitrogens with one attached hydrogen (secondary N) is 2. The van der Waals surface area contributed by atoms with Crippen LogP contribution in [-0.4, -0.2) is 31.9 Å². The predicted octanol–water partition coefficient (Wildman–Crippen LogP) is 0.432. The monoisotopic (exact) mass is 329 g/mol. The van der Waals surface area contributed by atoms with Crippen LogP contribution < -0.4 is 15.8 Å². The molecule has 0 bridgehead atoms. The molecule has 4 N–H and O–H groups in total. The second kappa shape index (κ2) is 6.97.